The molecule has 1 rings (SSSR count). The van der Waals surface area contributed by atoms with Gasteiger partial charge in [-0.25, -0.2) is 0 Å². The number of aryl methyl sites for hydroxylation is 1. The summed E-state index contributed by atoms with van der Waals surface area (Å²) in [6, 6.07) is 0. The van der Waals surface area contributed by atoms with Gasteiger partial charge in [0, 0.05) is 0 Å². The summed E-state index contributed by atoms with van der Waals surface area (Å²) < 4.78 is 3.65. The topological polar surface area (TPSA) is 73.1 Å². The molecule has 1 heterocycles. The van der Waals surface area contributed by atoms with Gasteiger partial charge in [-0.15, -0.1) is 0 Å². The molecule has 0 radical (unpaired) electrons. The Morgan fingerprint density at radius 1 is 1.75 bits per heavy atom. The molecule has 0 saturated carbocycles. The third kappa shape index (κ3) is 1.44. The van der Waals surface area contributed by atoms with E-state index in [9.17, 15) is 14.9 Å². The molecular weight excluding hydrogens is 204 g/mol. The first-order valence-electron chi connectivity index (χ1n) is 2.84. The van der Waals surface area contributed by atoms with Crippen LogP contribution in [-0.4, -0.2) is 14.5 Å². The maximum absolute atomic E-state index is 10.6. The average molecular weight is 207 g/mol. The number of nitro groups is 1. The molecule has 0 saturated heterocycles. The summed E-state index contributed by atoms with van der Waals surface area (Å²) in [5.74, 6) is 0. The van der Waals surface area contributed by atoms with Crippen LogP contribution in [-0.2, 0) is 0 Å². The Morgan fingerprint density at radius 2 is 2.33 bits per heavy atom. The number of rotatable bonds is 2. The lowest BCUT2D eigenvalue weighted by molar-refractivity contribution is -0.385. The molecule has 0 aliphatic heterocycles. The number of carbonyl (C=O) groups excluding carboxylic acids is 1. The van der Waals surface area contributed by atoms with E-state index in [1.807, 2.05) is 0 Å². The van der Waals surface area contributed by atoms with Crippen molar-refractivity contribution in [1.82, 2.24) is 4.37 Å². The summed E-state index contributed by atoms with van der Waals surface area (Å²) >= 11 is 5.83. The zero-order chi connectivity index (χ0) is 9.30. The van der Waals surface area contributed by atoms with Gasteiger partial charge in [0.2, 0.25) is 0 Å². The summed E-state index contributed by atoms with van der Waals surface area (Å²) in [6.07, 6.45) is 0. The molecular formula is C5H3ClN2O3S. The Hall–Kier alpha value is -1.01. The molecule has 7 heteroatoms. The highest BCUT2D eigenvalue weighted by molar-refractivity contribution is 7.11. The van der Waals surface area contributed by atoms with E-state index in [0.29, 0.717) is 0 Å². The number of carbonyl (C=O) groups is 1. The molecule has 0 amide bonds. The molecule has 1 aromatic heterocycles. The molecule has 0 atom stereocenters. The van der Waals surface area contributed by atoms with Crippen molar-refractivity contribution in [3.05, 3.63) is 20.7 Å². The lowest BCUT2D eigenvalue weighted by atomic mass is 10.3. The molecule has 1 aromatic rings. The van der Waals surface area contributed by atoms with E-state index in [4.69, 9.17) is 11.6 Å². The Balaban J connectivity index is 3.31. The molecule has 5 nitrogen and oxygen atoms in total. The lowest BCUT2D eigenvalue weighted by Gasteiger charge is -1.87. The quantitative estimate of drug-likeness (QED) is 0.420. The van der Waals surface area contributed by atoms with Crippen LogP contribution in [0, 0.1) is 17.0 Å². The van der Waals surface area contributed by atoms with E-state index >= 15 is 0 Å². The summed E-state index contributed by atoms with van der Waals surface area (Å²) in [5.41, 5.74) is -0.0750. The second-order valence-electron chi connectivity index (χ2n) is 1.98. The maximum Gasteiger partial charge on any atom is 0.315 e. The summed E-state index contributed by atoms with van der Waals surface area (Å²) in [7, 11) is 0. The van der Waals surface area contributed by atoms with E-state index in [1.54, 1.807) is 0 Å². The lowest BCUT2D eigenvalue weighted by Crippen LogP contribution is -1.94. The van der Waals surface area contributed by atoms with Gasteiger partial charge in [-0.3, -0.25) is 14.9 Å². The maximum atomic E-state index is 10.6. The van der Waals surface area contributed by atoms with E-state index in [2.05, 4.69) is 4.37 Å². The number of hydrogen-bond acceptors (Lipinski definition) is 5. The minimum Gasteiger partial charge on any atom is -0.274 e. The van der Waals surface area contributed by atoms with Crippen molar-refractivity contribution in [2.24, 2.45) is 0 Å². The Morgan fingerprint density at radius 3 is 2.67 bits per heavy atom. The fourth-order valence-corrected chi connectivity index (χ4v) is 1.60. The zero-order valence-corrected chi connectivity index (χ0v) is 7.48. The summed E-state index contributed by atoms with van der Waals surface area (Å²) in [4.78, 5) is 20.2. The minimum absolute atomic E-state index is 0.112. The highest BCUT2D eigenvalue weighted by atomic mass is 35.5. The molecule has 0 aliphatic carbocycles. The molecule has 0 N–H and O–H groups in total. The Bertz CT molecular complexity index is 348. The van der Waals surface area contributed by atoms with E-state index in [0.717, 1.165) is 11.5 Å². The predicted molar refractivity (Wildman–Crippen MR) is 43.7 cm³/mol. The van der Waals surface area contributed by atoms with E-state index < -0.39 is 10.2 Å². The van der Waals surface area contributed by atoms with Crippen LogP contribution in [0.2, 0.25) is 0 Å². The van der Waals surface area contributed by atoms with Crippen molar-refractivity contribution in [2.75, 3.05) is 0 Å². The smallest absolute Gasteiger partial charge is 0.274 e. The van der Waals surface area contributed by atoms with Crippen LogP contribution in [0.15, 0.2) is 0 Å². The molecule has 64 valence electrons. The monoisotopic (exact) mass is 206 g/mol. The first-order chi connectivity index (χ1) is 5.54. The molecule has 0 spiro atoms. The van der Waals surface area contributed by atoms with Crippen LogP contribution in [0.1, 0.15) is 15.4 Å². The number of aromatic nitrogens is 1. The van der Waals surface area contributed by atoms with Crippen molar-refractivity contribution in [3.8, 4) is 0 Å². The molecule has 0 unspecified atom stereocenters. The van der Waals surface area contributed by atoms with Crippen molar-refractivity contribution in [1.29, 1.82) is 0 Å². The second-order valence-corrected chi connectivity index (χ2v) is 3.09. The summed E-state index contributed by atoms with van der Waals surface area (Å²) in [6.45, 7) is 1.46. The first-order valence-corrected chi connectivity index (χ1v) is 3.99. The van der Waals surface area contributed by atoms with Gasteiger partial charge in [-0.05, 0) is 30.1 Å². The molecule has 0 fully saturated rings. The van der Waals surface area contributed by atoms with Gasteiger partial charge < -0.3 is 0 Å². The number of halogens is 1. The zero-order valence-electron chi connectivity index (χ0n) is 5.91. The van der Waals surface area contributed by atoms with Crippen LogP contribution in [0.3, 0.4) is 0 Å². The van der Waals surface area contributed by atoms with Gasteiger partial charge >= 0.3 is 5.69 Å². The Labute approximate surface area is 76.3 Å². The van der Waals surface area contributed by atoms with Gasteiger partial charge in [-0.2, -0.15) is 4.37 Å². The third-order valence-corrected chi connectivity index (χ3v) is 2.42. The van der Waals surface area contributed by atoms with Crippen LogP contribution < -0.4 is 0 Å². The average Bonchev–Trinajstić information content (AvgIpc) is 2.30. The molecule has 12 heavy (non-hydrogen) atoms. The van der Waals surface area contributed by atoms with Crippen molar-refractivity contribution in [3.63, 3.8) is 0 Å². The van der Waals surface area contributed by atoms with Gasteiger partial charge in [0.15, 0.2) is 4.88 Å². The van der Waals surface area contributed by atoms with Crippen LogP contribution in [0.4, 0.5) is 5.69 Å². The van der Waals surface area contributed by atoms with Crippen LogP contribution in [0.5, 0.6) is 0 Å². The molecule has 0 bridgehead atoms. The van der Waals surface area contributed by atoms with Gasteiger partial charge in [0.05, 0.1) is 4.92 Å². The normalized spacial score (nSPS) is 9.83. The second kappa shape index (κ2) is 3.16. The highest BCUT2D eigenvalue weighted by Crippen LogP contribution is 2.27. The van der Waals surface area contributed by atoms with Crippen molar-refractivity contribution >= 4 is 34.1 Å². The fourth-order valence-electron chi connectivity index (χ4n) is 0.709. The highest BCUT2D eigenvalue weighted by Gasteiger charge is 2.25. The number of hydrogen-bond donors (Lipinski definition) is 0. The van der Waals surface area contributed by atoms with Crippen LogP contribution >= 0.6 is 23.1 Å². The van der Waals surface area contributed by atoms with Gasteiger partial charge in [-0.1, -0.05) is 0 Å². The summed E-state index contributed by atoms with van der Waals surface area (Å²) in [5, 5.41) is 9.53. The number of nitrogens with zero attached hydrogens (tertiary/aromatic N) is 2. The van der Waals surface area contributed by atoms with Gasteiger partial charge in [0.1, 0.15) is 5.69 Å². The van der Waals surface area contributed by atoms with Crippen LogP contribution in [0.25, 0.3) is 0 Å². The van der Waals surface area contributed by atoms with Crippen molar-refractivity contribution in [2.45, 2.75) is 6.92 Å². The van der Waals surface area contributed by atoms with Crippen molar-refractivity contribution < 1.29 is 9.72 Å². The molecule has 0 aromatic carbocycles. The fraction of sp³-hybridized carbons (Fsp3) is 0.200. The van der Waals surface area contributed by atoms with E-state index in [-0.39, 0.29) is 16.3 Å². The largest absolute Gasteiger partial charge is 0.315 e. The third-order valence-electron chi connectivity index (χ3n) is 1.19. The SMILES string of the molecule is Cc1nsc(C(=O)Cl)c1[N+](=O)[O-]. The Kier molecular flexibility index (Phi) is 2.39. The minimum atomic E-state index is -0.840. The van der Waals surface area contributed by atoms with Gasteiger partial charge in [0.25, 0.3) is 5.24 Å². The predicted octanol–water partition coefficient (Wildman–Crippen LogP) is 1.74. The first kappa shape index (κ1) is 9.08. The standard InChI is InChI=1S/C5H3ClN2O3S/c1-2-3(8(10)11)4(5(6)9)12-7-2/h1H3. The van der Waals surface area contributed by atoms with E-state index in [1.165, 1.54) is 6.92 Å². The molecule has 0 aliphatic rings.